The molecular weight excluding hydrogens is 270 g/mol. The molecule has 1 atom stereocenters. The third-order valence-electron chi connectivity index (χ3n) is 3.56. The first-order valence-electron chi connectivity index (χ1n) is 7.55. The summed E-state index contributed by atoms with van der Waals surface area (Å²) in [5.74, 6) is 0.569. The van der Waals surface area contributed by atoms with Gasteiger partial charge in [-0.25, -0.2) is 8.42 Å². The molecule has 0 saturated heterocycles. The van der Waals surface area contributed by atoms with Crippen LogP contribution >= 0.6 is 0 Å². The van der Waals surface area contributed by atoms with Crippen LogP contribution in [0.2, 0.25) is 0 Å². The Kier molecular flexibility index (Phi) is 7.85. The highest BCUT2D eigenvalue weighted by molar-refractivity contribution is 7.91. The Morgan fingerprint density at radius 3 is 2.40 bits per heavy atom. The minimum Gasteiger partial charge on any atom is -0.314 e. The lowest BCUT2D eigenvalue weighted by molar-refractivity contribution is 0.459. The predicted octanol–water partition coefficient (Wildman–Crippen LogP) is 2.81. The van der Waals surface area contributed by atoms with Crippen LogP contribution in [0, 0.1) is 0 Å². The molecule has 20 heavy (non-hydrogen) atoms. The van der Waals surface area contributed by atoms with E-state index in [4.69, 9.17) is 0 Å². The molecule has 0 radical (unpaired) electrons. The van der Waals surface area contributed by atoms with Crippen molar-refractivity contribution in [2.24, 2.45) is 0 Å². The first kappa shape index (κ1) is 17.2. The van der Waals surface area contributed by atoms with Crippen molar-refractivity contribution in [3.8, 4) is 0 Å². The molecule has 1 rings (SSSR count). The molecule has 0 saturated carbocycles. The highest BCUT2D eigenvalue weighted by atomic mass is 32.2. The quantitative estimate of drug-likeness (QED) is 0.722. The van der Waals surface area contributed by atoms with Gasteiger partial charge in [-0.2, -0.15) is 0 Å². The molecule has 3 nitrogen and oxygen atoms in total. The van der Waals surface area contributed by atoms with Crippen LogP contribution in [0.5, 0.6) is 0 Å². The highest BCUT2D eigenvalue weighted by Gasteiger charge is 2.11. The van der Waals surface area contributed by atoms with Crippen molar-refractivity contribution in [3.63, 3.8) is 0 Å². The summed E-state index contributed by atoms with van der Waals surface area (Å²) in [6.07, 6.45) is 3.78. The van der Waals surface area contributed by atoms with Crippen molar-refractivity contribution in [1.82, 2.24) is 5.32 Å². The molecule has 0 spiro atoms. The second-order valence-electron chi connectivity index (χ2n) is 5.16. The van der Waals surface area contributed by atoms with Gasteiger partial charge in [0.05, 0.1) is 5.75 Å². The molecule has 0 aromatic heterocycles. The van der Waals surface area contributed by atoms with Gasteiger partial charge in [-0.3, -0.25) is 0 Å². The highest BCUT2D eigenvalue weighted by Crippen LogP contribution is 2.10. The maximum Gasteiger partial charge on any atom is 0.150 e. The van der Waals surface area contributed by atoms with Gasteiger partial charge in [-0.05, 0) is 37.8 Å². The molecule has 1 aromatic carbocycles. The van der Waals surface area contributed by atoms with Crippen LogP contribution in [0.25, 0.3) is 0 Å². The van der Waals surface area contributed by atoms with Crippen molar-refractivity contribution >= 4 is 9.84 Å². The van der Waals surface area contributed by atoms with E-state index in [0.29, 0.717) is 11.8 Å². The lowest BCUT2D eigenvalue weighted by atomic mass is 10.0. The topological polar surface area (TPSA) is 46.2 Å². The summed E-state index contributed by atoms with van der Waals surface area (Å²) in [6, 6.07) is 10.8. The first-order valence-corrected chi connectivity index (χ1v) is 9.37. The molecule has 1 aromatic rings. The number of hydrogen-bond donors (Lipinski definition) is 1. The fourth-order valence-electron chi connectivity index (χ4n) is 2.32. The predicted molar refractivity (Wildman–Crippen MR) is 85.8 cm³/mol. The van der Waals surface area contributed by atoms with E-state index in [9.17, 15) is 8.42 Å². The molecule has 0 fully saturated rings. The van der Waals surface area contributed by atoms with Gasteiger partial charge < -0.3 is 5.32 Å². The summed E-state index contributed by atoms with van der Waals surface area (Å²) < 4.78 is 23.0. The normalized spacial score (nSPS) is 13.3. The average molecular weight is 297 g/mol. The molecule has 4 heteroatoms. The van der Waals surface area contributed by atoms with Gasteiger partial charge >= 0.3 is 0 Å². The minimum absolute atomic E-state index is 0.253. The number of aryl methyl sites for hydroxylation is 1. The number of hydrogen-bond acceptors (Lipinski definition) is 3. The standard InChI is InChI=1S/C16H27NO2S/c1-3-17-16(11-8-14-20(18,19)4-2)13-12-15-9-6-5-7-10-15/h5-7,9-10,16-17H,3-4,8,11-14H2,1-2H3. The summed E-state index contributed by atoms with van der Waals surface area (Å²) in [5.41, 5.74) is 1.34. The van der Waals surface area contributed by atoms with Gasteiger partial charge in [0.2, 0.25) is 0 Å². The second kappa shape index (κ2) is 9.14. The largest absolute Gasteiger partial charge is 0.314 e. The van der Waals surface area contributed by atoms with E-state index in [-0.39, 0.29) is 5.75 Å². The molecule has 0 bridgehead atoms. The molecule has 0 aliphatic rings. The van der Waals surface area contributed by atoms with E-state index in [1.165, 1.54) is 5.56 Å². The van der Waals surface area contributed by atoms with Crippen LogP contribution in [0.4, 0.5) is 0 Å². The third-order valence-corrected chi connectivity index (χ3v) is 5.36. The number of nitrogens with one attached hydrogen (secondary N) is 1. The lowest BCUT2D eigenvalue weighted by Crippen LogP contribution is -2.30. The van der Waals surface area contributed by atoms with E-state index in [2.05, 4.69) is 36.5 Å². The summed E-state index contributed by atoms with van der Waals surface area (Å²) in [7, 11) is -2.82. The van der Waals surface area contributed by atoms with E-state index in [1.54, 1.807) is 6.92 Å². The molecule has 0 aliphatic heterocycles. The van der Waals surface area contributed by atoms with Gasteiger partial charge in [0.25, 0.3) is 0 Å². The number of sulfone groups is 1. The van der Waals surface area contributed by atoms with E-state index in [0.717, 1.165) is 32.2 Å². The molecule has 0 heterocycles. The fraction of sp³-hybridized carbons (Fsp3) is 0.625. The van der Waals surface area contributed by atoms with Crippen LogP contribution in [0.3, 0.4) is 0 Å². The van der Waals surface area contributed by atoms with Gasteiger partial charge in [0, 0.05) is 11.8 Å². The fourth-order valence-corrected chi connectivity index (χ4v) is 3.21. The molecule has 114 valence electrons. The maximum atomic E-state index is 11.5. The monoisotopic (exact) mass is 297 g/mol. The summed E-state index contributed by atoms with van der Waals surface area (Å²) in [6.45, 7) is 4.74. The Balaban J connectivity index is 2.36. The van der Waals surface area contributed by atoms with E-state index in [1.807, 2.05) is 6.07 Å². The SMILES string of the molecule is CCNC(CCCS(=O)(=O)CC)CCc1ccccc1. The van der Waals surface area contributed by atoms with Gasteiger partial charge in [-0.15, -0.1) is 0 Å². The molecule has 1 unspecified atom stereocenters. The first-order chi connectivity index (χ1) is 9.57. The van der Waals surface area contributed by atoms with Crippen molar-refractivity contribution in [2.45, 2.75) is 45.6 Å². The van der Waals surface area contributed by atoms with Crippen molar-refractivity contribution in [1.29, 1.82) is 0 Å². The zero-order valence-corrected chi connectivity index (χ0v) is 13.5. The summed E-state index contributed by atoms with van der Waals surface area (Å²) >= 11 is 0. The van der Waals surface area contributed by atoms with E-state index < -0.39 is 9.84 Å². The molecule has 1 N–H and O–H groups in total. The van der Waals surface area contributed by atoms with Crippen molar-refractivity contribution in [3.05, 3.63) is 35.9 Å². The van der Waals surface area contributed by atoms with E-state index >= 15 is 0 Å². The molecular formula is C16H27NO2S. The third kappa shape index (κ3) is 7.06. The second-order valence-corrected chi connectivity index (χ2v) is 7.63. The molecule has 0 aliphatic carbocycles. The minimum atomic E-state index is -2.82. The Bertz CT molecular complexity index is 457. The Hall–Kier alpha value is -0.870. The Labute approximate surface area is 123 Å². The summed E-state index contributed by atoms with van der Waals surface area (Å²) in [5, 5.41) is 3.46. The van der Waals surface area contributed by atoms with Crippen LogP contribution in [-0.2, 0) is 16.3 Å². The maximum absolute atomic E-state index is 11.5. The number of rotatable bonds is 10. The number of benzene rings is 1. The van der Waals surface area contributed by atoms with Gasteiger partial charge in [-0.1, -0.05) is 44.2 Å². The van der Waals surface area contributed by atoms with Crippen LogP contribution in [-0.4, -0.2) is 32.5 Å². The van der Waals surface area contributed by atoms with Crippen molar-refractivity contribution < 1.29 is 8.42 Å². The Morgan fingerprint density at radius 1 is 1.10 bits per heavy atom. The van der Waals surface area contributed by atoms with Crippen LogP contribution in [0.15, 0.2) is 30.3 Å². The lowest BCUT2D eigenvalue weighted by Gasteiger charge is -2.17. The average Bonchev–Trinajstić information content (AvgIpc) is 2.46. The van der Waals surface area contributed by atoms with Crippen molar-refractivity contribution in [2.75, 3.05) is 18.1 Å². The smallest absolute Gasteiger partial charge is 0.150 e. The van der Waals surface area contributed by atoms with Crippen LogP contribution in [0.1, 0.15) is 38.7 Å². The Morgan fingerprint density at radius 2 is 1.80 bits per heavy atom. The molecule has 0 amide bonds. The van der Waals surface area contributed by atoms with Gasteiger partial charge in [0.15, 0.2) is 0 Å². The summed E-state index contributed by atoms with van der Waals surface area (Å²) in [4.78, 5) is 0. The van der Waals surface area contributed by atoms with Gasteiger partial charge in [0.1, 0.15) is 9.84 Å². The zero-order valence-electron chi connectivity index (χ0n) is 12.6. The zero-order chi connectivity index (χ0) is 14.8. The van der Waals surface area contributed by atoms with Crippen LogP contribution < -0.4 is 5.32 Å².